The van der Waals surface area contributed by atoms with E-state index in [-0.39, 0.29) is 0 Å². The van der Waals surface area contributed by atoms with Crippen molar-refractivity contribution in [1.82, 2.24) is 20.1 Å². The zero-order valence-corrected chi connectivity index (χ0v) is 10.0. The molecular formula is C12H16N4O. The van der Waals surface area contributed by atoms with E-state index >= 15 is 0 Å². The van der Waals surface area contributed by atoms with Crippen molar-refractivity contribution in [3.05, 3.63) is 41.5 Å². The molecule has 0 fully saturated rings. The summed E-state index contributed by atoms with van der Waals surface area (Å²) in [6.45, 7) is 3.20. The molecule has 1 aromatic carbocycles. The predicted molar refractivity (Wildman–Crippen MR) is 64.4 cm³/mol. The van der Waals surface area contributed by atoms with Crippen LogP contribution in [-0.2, 0) is 20.1 Å². The predicted octanol–water partition coefficient (Wildman–Crippen LogP) is 1.12. The lowest BCUT2D eigenvalue weighted by Gasteiger charge is -2.06. The van der Waals surface area contributed by atoms with Crippen molar-refractivity contribution in [2.45, 2.75) is 20.0 Å². The third-order valence-electron chi connectivity index (χ3n) is 2.48. The highest BCUT2D eigenvalue weighted by Gasteiger charge is 2.02. The SMILES string of the molecule is Cc1ccc(O)c(CNCc2ncn(C)n2)c1. The van der Waals surface area contributed by atoms with Crippen LogP contribution in [-0.4, -0.2) is 19.9 Å². The molecule has 0 aliphatic heterocycles. The van der Waals surface area contributed by atoms with Crippen LogP contribution in [0, 0.1) is 6.92 Å². The quantitative estimate of drug-likeness (QED) is 0.829. The van der Waals surface area contributed by atoms with Crippen molar-refractivity contribution < 1.29 is 5.11 Å². The molecule has 0 saturated heterocycles. The molecule has 2 rings (SSSR count). The number of nitrogens with zero attached hydrogens (tertiary/aromatic N) is 3. The smallest absolute Gasteiger partial charge is 0.164 e. The largest absolute Gasteiger partial charge is 0.508 e. The molecule has 0 aliphatic carbocycles. The minimum Gasteiger partial charge on any atom is -0.508 e. The standard InChI is InChI=1S/C12H16N4O/c1-9-3-4-11(17)10(5-9)6-13-7-12-14-8-16(2)15-12/h3-5,8,13,17H,6-7H2,1-2H3. The van der Waals surface area contributed by atoms with Crippen LogP contribution in [0.5, 0.6) is 5.75 Å². The highest BCUT2D eigenvalue weighted by molar-refractivity contribution is 5.35. The number of rotatable bonds is 4. The minimum absolute atomic E-state index is 0.317. The van der Waals surface area contributed by atoms with Gasteiger partial charge in [-0.3, -0.25) is 4.68 Å². The maximum atomic E-state index is 9.66. The Labute approximate surface area is 100 Å². The van der Waals surface area contributed by atoms with E-state index in [0.29, 0.717) is 18.8 Å². The van der Waals surface area contributed by atoms with Gasteiger partial charge in [-0.05, 0) is 13.0 Å². The Kier molecular flexibility index (Phi) is 3.39. The molecule has 1 aromatic heterocycles. The number of aromatic nitrogens is 3. The van der Waals surface area contributed by atoms with Crippen LogP contribution < -0.4 is 5.32 Å². The molecule has 5 nitrogen and oxygen atoms in total. The molecule has 5 heteroatoms. The topological polar surface area (TPSA) is 63.0 Å². The van der Waals surface area contributed by atoms with Crippen molar-refractivity contribution in [1.29, 1.82) is 0 Å². The Hall–Kier alpha value is -1.88. The van der Waals surface area contributed by atoms with E-state index in [0.717, 1.165) is 17.0 Å². The molecule has 2 aromatic rings. The Balaban J connectivity index is 1.91. The fraction of sp³-hybridized carbons (Fsp3) is 0.333. The van der Waals surface area contributed by atoms with Crippen LogP contribution in [0.4, 0.5) is 0 Å². The first-order chi connectivity index (χ1) is 8.15. The van der Waals surface area contributed by atoms with Crippen LogP contribution in [0.25, 0.3) is 0 Å². The van der Waals surface area contributed by atoms with E-state index in [4.69, 9.17) is 0 Å². The van der Waals surface area contributed by atoms with Gasteiger partial charge in [0.05, 0.1) is 6.54 Å². The summed E-state index contributed by atoms with van der Waals surface area (Å²) in [5.74, 6) is 1.07. The van der Waals surface area contributed by atoms with Gasteiger partial charge >= 0.3 is 0 Å². The van der Waals surface area contributed by atoms with Gasteiger partial charge < -0.3 is 10.4 Å². The lowest BCUT2D eigenvalue weighted by molar-refractivity contribution is 0.463. The third kappa shape index (κ3) is 3.04. The summed E-state index contributed by atoms with van der Waals surface area (Å²) >= 11 is 0. The Morgan fingerprint density at radius 3 is 2.88 bits per heavy atom. The summed E-state index contributed by atoms with van der Waals surface area (Å²) in [6.07, 6.45) is 1.67. The lowest BCUT2D eigenvalue weighted by atomic mass is 10.1. The molecule has 0 unspecified atom stereocenters. The molecule has 0 saturated carbocycles. The average molecular weight is 232 g/mol. The van der Waals surface area contributed by atoms with Crippen LogP contribution in [0.2, 0.25) is 0 Å². The second-order valence-corrected chi connectivity index (χ2v) is 4.07. The van der Waals surface area contributed by atoms with E-state index in [1.807, 2.05) is 26.1 Å². The molecule has 90 valence electrons. The van der Waals surface area contributed by atoms with E-state index < -0.39 is 0 Å². The molecule has 2 N–H and O–H groups in total. The molecule has 17 heavy (non-hydrogen) atoms. The average Bonchev–Trinajstić information content (AvgIpc) is 2.69. The molecular weight excluding hydrogens is 216 g/mol. The van der Waals surface area contributed by atoms with Crippen molar-refractivity contribution in [2.24, 2.45) is 7.05 Å². The maximum Gasteiger partial charge on any atom is 0.164 e. The summed E-state index contributed by atoms with van der Waals surface area (Å²) in [5, 5.41) is 17.0. The van der Waals surface area contributed by atoms with Gasteiger partial charge in [0.2, 0.25) is 0 Å². The van der Waals surface area contributed by atoms with Gasteiger partial charge in [-0.1, -0.05) is 17.7 Å². The first kappa shape index (κ1) is 11.6. The van der Waals surface area contributed by atoms with Gasteiger partial charge in [0.25, 0.3) is 0 Å². The number of hydrogen-bond acceptors (Lipinski definition) is 4. The second-order valence-electron chi connectivity index (χ2n) is 4.07. The van der Waals surface area contributed by atoms with Crippen molar-refractivity contribution in [2.75, 3.05) is 0 Å². The van der Waals surface area contributed by atoms with Gasteiger partial charge in [-0.25, -0.2) is 4.98 Å². The molecule has 0 radical (unpaired) electrons. The highest BCUT2D eigenvalue weighted by atomic mass is 16.3. The van der Waals surface area contributed by atoms with Crippen molar-refractivity contribution >= 4 is 0 Å². The van der Waals surface area contributed by atoms with Crippen LogP contribution in [0.1, 0.15) is 17.0 Å². The number of phenols is 1. The summed E-state index contributed by atoms with van der Waals surface area (Å²) in [4.78, 5) is 4.11. The number of phenolic OH excluding ortho intramolecular Hbond substituents is 1. The molecule has 0 atom stereocenters. The van der Waals surface area contributed by atoms with E-state index in [1.54, 1.807) is 17.1 Å². The highest BCUT2D eigenvalue weighted by Crippen LogP contribution is 2.17. The number of aryl methyl sites for hydroxylation is 2. The zero-order valence-electron chi connectivity index (χ0n) is 10.0. The Morgan fingerprint density at radius 2 is 2.18 bits per heavy atom. The number of benzene rings is 1. The van der Waals surface area contributed by atoms with Crippen molar-refractivity contribution in [3.8, 4) is 5.75 Å². The molecule has 0 spiro atoms. The Morgan fingerprint density at radius 1 is 1.35 bits per heavy atom. The summed E-state index contributed by atoms with van der Waals surface area (Å²) in [7, 11) is 1.84. The van der Waals surface area contributed by atoms with Gasteiger partial charge in [-0.2, -0.15) is 5.10 Å². The Bertz CT molecular complexity index is 507. The summed E-state index contributed by atoms with van der Waals surface area (Å²) in [5.41, 5.74) is 2.02. The van der Waals surface area contributed by atoms with E-state index in [9.17, 15) is 5.11 Å². The number of hydrogen-bond donors (Lipinski definition) is 2. The zero-order chi connectivity index (χ0) is 12.3. The van der Waals surface area contributed by atoms with E-state index in [1.165, 1.54) is 0 Å². The lowest BCUT2D eigenvalue weighted by Crippen LogP contribution is -2.14. The maximum absolute atomic E-state index is 9.66. The van der Waals surface area contributed by atoms with Gasteiger partial charge in [0.1, 0.15) is 12.1 Å². The molecule has 0 aliphatic rings. The normalized spacial score (nSPS) is 10.7. The minimum atomic E-state index is 0.317. The van der Waals surface area contributed by atoms with E-state index in [2.05, 4.69) is 15.4 Å². The number of aromatic hydroxyl groups is 1. The first-order valence-electron chi connectivity index (χ1n) is 5.49. The van der Waals surface area contributed by atoms with Gasteiger partial charge in [0, 0.05) is 19.2 Å². The van der Waals surface area contributed by atoms with Gasteiger partial charge in [0.15, 0.2) is 5.82 Å². The van der Waals surface area contributed by atoms with Gasteiger partial charge in [-0.15, -0.1) is 0 Å². The monoisotopic (exact) mass is 232 g/mol. The fourth-order valence-electron chi connectivity index (χ4n) is 1.63. The molecule has 0 bridgehead atoms. The van der Waals surface area contributed by atoms with Crippen LogP contribution in [0.3, 0.4) is 0 Å². The first-order valence-corrected chi connectivity index (χ1v) is 5.49. The summed E-state index contributed by atoms with van der Waals surface area (Å²) in [6, 6.07) is 5.57. The number of nitrogens with one attached hydrogen (secondary N) is 1. The second kappa shape index (κ2) is 4.97. The summed E-state index contributed by atoms with van der Waals surface area (Å²) < 4.78 is 1.67. The fourth-order valence-corrected chi connectivity index (χ4v) is 1.63. The molecule has 0 amide bonds. The van der Waals surface area contributed by atoms with Crippen LogP contribution >= 0.6 is 0 Å². The molecule has 1 heterocycles. The van der Waals surface area contributed by atoms with Crippen LogP contribution in [0.15, 0.2) is 24.5 Å². The van der Waals surface area contributed by atoms with Crippen molar-refractivity contribution in [3.63, 3.8) is 0 Å². The third-order valence-corrected chi connectivity index (χ3v) is 2.48.